The smallest absolute Gasteiger partial charge is 0.331 e. The van der Waals surface area contributed by atoms with Crippen LogP contribution in [0.5, 0.6) is 34.5 Å². The summed E-state index contributed by atoms with van der Waals surface area (Å²) in [5, 5.41) is 70.7. The van der Waals surface area contributed by atoms with E-state index in [-0.39, 0.29) is 39.5 Å². The van der Waals surface area contributed by atoms with E-state index in [9.17, 15) is 45.3 Å². The van der Waals surface area contributed by atoms with Gasteiger partial charge in [-0.25, -0.2) is 4.79 Å². The lowest BCUT2D eigenvalue weighted by Gasteiger charge is -2.41. The number of hydrogen-bond donors (Lipinski definition) is 7. The van der Waals surface area contributed by atoms with Gasteiger partial charge in [0, 0.05) is 23.8 Å². The number of methoxy groups -OCH3 is 1. The molecule has 14 heteroatoms. The van der Waals surface area contributed by atoms with E-state index in [0.717, 1.165) is 18.2 Å². The number of aliphatic hydroxyl groups excluding tert-OH is 3. The molecule has 0 radical (unpaired) electrons. The molecule has 1 aliphatic heterocycles. The van der Waals surface area contributed by atoms with Crippen LogP contribution in [0.3, 0.4) is 0 Å². The van der Waals surface area contributed by atoms with Crippen LogP contribution in [-0.4, -0.2) is 86.1 Å². The molecule has 0 aliphatic carbocycles. The Balaban J connectivity index is 1.54. The van der Waals surface area contributed by atoms with Gasteiger partial charge in [-0.15, -0.1) is 0 Å². The van der Waals surface area contributed by atoms with Gasteiger partial charge in [0.05, 0.1) is 13.7 Å². The predicted molar refractivity (Wildman–Crippen MR) is 155 cm³/mol. The van der Waals surface area contributed by atoms with Gasteiger partial charge in [0.25, 0.3) is 0 Å². The van der Waals surface area contributed by atoms with Crippen LogP contribution < -0.4 is 14.9 Å². The monoisotopic (exact) mass is 624 g/mol. The van der Waals surface area contributed by atoms with Crippen molar-refractivity contribution in [2.45, 2.75) is 30.7 Å². The van der Waals surface area contributed by atoms with E-state index in [4.69, 9.17) is 23.4 Å². The van der Waals surface area contributed by atoms with Crippen LogP contribution in [0.2, 0.25) is 0 Å². The number of ether oxygens (including phenoxy) is 4. The third-order valence-electron chi connectivity index (χ3n) is 6.97. The molecule has 14 nitrogen and oxygen atoms in total. The number of benzene rings is 3. The van der Waals surface area contributed by atoms with E-state index in [1.54, 1.807) is 0 Å². The van der Waals surface area contributed by atoms with Crippen LogP contribution in [-0.2, 0) is 14.3 Å². The number of phenolic OH excluding ortho intramolecular Hbond substituents is 4. The van der Waals surface area contributed by atoms with Crippen LogP contribution in [0.15, 0.2) is 69.9 Å². The Morgan fingerprint density at radius 2 is 1.67 bits per heavy atom. The maximum absolute atomic E-state index is 13.7. The number of carbonyl (C=O) groups is 1. The van der Waals surface area contributed by atoms with Gasteiger partial charge in [-0.1, -0.05) is 6.07 Å². The summed E-state index contributed by atoms with van der Waals surface area (Å²) in [6.07, 6.45) is -6.33. The summed E-state index contributed by atoms with van der Waals surface area (Å²) in [6.45, 7) is -0.793. The average Bonchev–Trinajstić information content (AvgIpc) is 3.01. The number of phenols is 4. The molecule has 5 rings (SSSR count). The highest BCUT2D eigenvalue weighted by molar-refractivity contribution is 5.88. The predicted octanol–water partition coefficient (Wildman–Crippen LogP) is 1.73. The molecular weight excluding hydrogens is 596 g/mol. The van der Waals surface area contributed by atoms with Crippen LogP contribution in [0.25, 0.3) is 28.4 Å². The summed E-state index contributed by atoms with van der Waals surface area (Å²) in [5.74, 6) is -3.01. The summed E-state index contributed by atoms with van der Waals surface area (Å²) in [4.78, 5) is 26.6. The van der Waals surface area contributed by atoms with Crippen LogP contribution >= 0.6 is 0 Å². The fourth-order valence-corrected chi connectivity index (χ4v) is 4.71. The zero-order valence-electron chi connectivity index (χ0n) is 23.4. The van der Waals surface area contributed by atoms with Crippen molar-refractivity contribution in [1.82, 2.24) is 0 Å². The van der Waals surface area contributed by atoms with Gasteiger partial charge >= 0.3 is 5.97 Å². The Kier molecular flexibility index (Phi) is 8.83. The van der Waals surface area contributed by atoms with Crippen molar-refractivity contribution in [1.29, 1.82) is 0 Å². The third kappa shape index (κ3) is 6.34. The summed E-state index contributed by atoms with van der Waals surface area (Å²) >= 11 is 0. The fraction of sp³-hybridized carbons (Fsp3) is 0.226. The minimum absolute atomic E-state index is 0.107. The molecule has 236 valence electrons. The van der Waals surface area contributed by atoms with Crippen LogP contribution in [0.4, 0.5) is 0 Å². The molecule has 0 spiro atoms. The summed E-state index contributed by atoms with van der Waals surface area (Å²) < 4.78 is 27.8. The van der Waals surface area contributed by atoms with Crippen LogP contribution in [0.1, 0.15) is 5.56 Å². The van der Waals surface area contributed by atoms with E-state index in [1.165, 1.54) is 55.7 Å². The second-order valence-corrected chi connectivity index (χ2v) is 9.96. The quantitative estimate of drug-likeness (QED) is 0.110. The highest BCUT2D eigenvalue weighted by atomic mass is 16.7. The highest BCUT2D eigenvalue weighted by Crippen LogP contribution is 2.38. The SMILES string of the molecule is COc1cc(C=CC(=O)OC2C(Oc3c(-c4ccc(O)cc4)oc4cc(O)cc(O)c4c3=O)OC(CO)C(O)C2O)ccc1O. The van der Waals surface area contributed by atoms with Gasteiger partial charge in [-0.2, -0.15) is 0 Å². The summed E-state index contributed by atoms with van der Waals surface area (Å²) in [6, 6.07) is 11.6. The lowest BCUT2D eigenvalue weighted by molar-refractivity contribution is -0.281. The van der Waals surface area contributed by atoms with Gasteiger partial charge < -0.3 is 59.1 Å². The molecule has 3 aromatic carbocycles. The Labute approximate surface area is 253 Å². The highest BCUT2D eigenvalue weighted by Gasteiger charge is 2.48. The number of carbonyl (C=O) groups excluding carboxylic acids is 1. The van der Waals surface area contributed by atoms with E-state index in [2.05, 4.69) is 0 Å². The number of rotatable bonds is 8. The first-order valence-electron chi connectivity index (χ1n) is 13.4. The summed E-state index contributed by atoms with van der Waals surface area (Å²) in [5.41, 5.74) is -0.540. The van der Waals surface area contributed by atoms with E-state index in [1.807, 2.05) is 0 Å². The normalized spacial score (nSPS) is 21.6. The van der Waals surface area contributed by atoms with Gasteiger partial charge in [-0.3, -0.25) is 4.79 Å². The average molecular weight is 625 g/mol. The molecule has 2 heterocycles. The zero-order valence-corrected chi connectivity index (χ0v) is 23.4. The minimum Gasteiger partial charge on any atom is -0.508 e. The molecule has 5 atom stereocenters. The van der Waals surface area contributed by atoms with Crippen molar-refractivity contribution in [3.8, 4) is 45.8 Å². The molecule has 7 N–H and O–H groups in total. The molecule has 0 bridgehead atoms. The first-order valence-corrected chi connectivity index (χ1v) is 13.4. The fourth-order valence-electron chi connectivity index (χ4n) is 4.71. The lowest BCUT2D eigenvalue weighted by Crippen LogP contribution is -2.61. The Hall–Kier alpha value is -5.28. The molecule has 1 fully saturated rings. The Bertz CT molecular complexity index is 1800. The van der Waals surface area contributed by atoms with Gasteiger partial charge in [0.15, 0.2) is 23.4 Å². The molecule has 1 aliphatic rings. The van der Waals surface area contributed by atoms with Gasteiger partial charge in [0.1, 0.15) is 46.5 Å². The number of aliphatic hydroxyl groups is 3. The Morgan fingerprint density at radius 1 is 0.933 bits per heavy atom. The van der Waals surface area contributed by atoms with Gasteiger partial charge in [-0.05, 0) is 48.0 Å². The third-order valence-corrected chi connectivity index (χ3v) is 6.97. The van der Waals surface area contributed by atoms with Crippen molar-refractivity contribution in [3.63, 3.8) is 0 Å². The molecule has 5 unspecified atom stereocenters. The van der Waals surface area contributed by atoms with Crippen molar-refractivity contribution < 1.29 is 63.9 Å². The van der Waals surface area contributed by atoms with Crippen LogP contribution in [0, 0.1) is 0 Å². The number of fused-ring (bicyclic) bond motifs is 1. The largest absolute Gasteiger partial charge is 0.508 e. The summed E-state index contributed by atoms with van der Waals surface area (Å²) in [7, 11) is 1.35. The first-order chi connectivity index (χ1) is 21.5. The molecule has 0 amide bonds. The van der Waals surface area contributed by atoms with Crippen molar-refractivity contribution in [2.75, 3.05) is 13.7 Å². The van der Waals surface area contributed by atoms with Crippen molar-refractivity contribution in [3.05, 3.63) is 76.5 Å². The second kappa shape index (κ2) is 12.8. The van der Waals surface area contributed by atoms with E-state index < -0.39 is 66.0 Å². The van der Waals surface area contributed by atoms with E-state index in [0.29, 0.717) is 5.56 Å². The number of esters is 1. The van der Waals surface area contributed by atoms with Crippen molar-refractivity contribution in [2.24, 2.45) is 0 Å². The maximum Gasteiger partial charge on any atom is 0.331 e. The maximum atomic E-state index is 13.7. The minimum atomic E-state index is -1.87. The topological polar surface area (TPSA) is 226 Å². The number of aromatic hydroxyl groups is 4. The number of hydrogen-bond acceptors (Lipinski definition) is 14. The first kappa shape index (κ1) is 31.2. The molecular formula is C31H28O14. The van der Waals surface area contributed by atoms with Crippen molar-refractivity contribution >= 4 is 23.0 Å². The molecule has 4 aromatic rings. The molecule has 0 saturated carbocycles. The van der Waals surface area contributed by atoms with Gasteiger partial charge in [0.2, 0.25) is 17.5 Å². The Morgan fingerprint density at radius 3 is 2.36 bits per heavy atom. The molecule has 1 aromatic heterocycles. The lowest BCUT2D eigenvalue weighted by atomic mass is 9.99. The standard InChI is InChI=1S/C31H28O14/c1-41-20-10-14(2-8-18(20)35)3-9-23(37)44-30-27(40)25(38)22(13-32)43-31(30)45-29-26(39)24-19(36)11-17(34)12-21(24)42-28(29)15-4-6-16(33)7-5-15/h2-12,22,25,27,30-36,38,40H,13H2,1H3. The molecule has 45 heavy (non-hydrogen) atoms. The second-order valence-electron chi connectivity index (χ2n) is 9.96. The molecule has 1 saturated heterocycles. The zero-order chi connectivity index (χ0) is 32.4. The van der Waals surface area contributed by atoms with E-state index >= 15 is 0 Å².